The highest BCUT2D eigenvalue weighted by atomic mass is 31.2. The van der Waals surface area contributed by atoms with Crippen molar-refractivity contribution in [2.45, 2.75) is 419 Å². The Labute approximate surface area is 581 Å². The molecule has 0 fully saturated rings. The van der Waals surface area contributed by atoms with Crippen LogP contribution in [0.1, 0.15) is 401 Å². The van der Waals surface area contributed by atoms with Crippen molar-refractivity contribution in [2.24, 2.45) is 5.92 Å². The van der Waals surface area contributed by atoms with Crippen LogP contribution < -0.4 is 0 Å². The molecule has 95 heavy (non-hydrogen) atoms. The standard InChI is InChI=1S/C76H148O17P2/c1-6-9-12-15-18-21-24-27-29-31-33-36-41-46-51-56-61-75(80)92-71(65-87-74(79)60-55-50-45-40-35-32-30-28-25-22-19-16-13-10-7-2)67-90-94(82,83)88-63-70(77)64-89-95(84,85)91-68-72(93-76(81)62-57-52-47-42-37-38-43-48-53-58-69(4)5)66-86-73(78)59-54-49-44-39-34-26-23-20-17-14-11-8-3/h69-72,77H,6-68H2,1-5H3,(H,82,83)(H,84,85)/t70-,71-,72-/m1/s1. The lowest BCUT2D eigenvalue weighted by Gasteiger charge is -2.21. The van der Waals surface area contributed by atoms with E-state index >= 15 is 0 Å². The number of esters is 4. The number of hydrogen-bond acceptors (Lipinski definition) is 15. The summed E-state index contributed by atoms with van der Waals surface area (Å²) >= 11 is 0. The van der Waals surface area contributed by atoms with Gasteiger partial charge in [0, 0.05) is 25.7 Å². The van der Waals surface area contributed by atoms with Crippen molar-refractivity contribution in [3.05, 3.63) is 0 Å². The van der Waals surface area contributed by atoms with Crippen LogP contribution in [-0.4, -0.2) is 96.7 Å². The molecule has 2 unspecified atom stereocenters. The molecule has 0 spiro atoms. The second-order valence-corrected chi connectivity index (χ2v) is 30.8. The first-order chi connectivity index (χ1) is 46.0. The van der Waals surface area contributed by atoms with Crippen molar-refractivity contribution in [2.75, 3.05) is 39.6 Å². The smallest absolute Gasteiger partial charge is 0.462 e. The van der Waals surface area contributed by atoms with Crippen molar-refractivity contribution >= 4 is 39.5 Å². The van der Waals surface area contributed by atoms with E-state index in [0.717, 1.165) is 95.8 Å². The number of rotatable bonds is 76. The number of aliphatic hydroxyl groups excluding tert-OH is 1. The molecule has 0 amide bonds. The van der Waals surface area contributed by atoms with Gasteiger partial charge in [0.15, 0.2) is 12.2 Å². The van der Waals surface area contributed by atoms with Gasteiger partial charge in [-0.2, -0.15) is 0 Å². The van der Waals surface area contributed by atoms with Crippen molar-refractivity contribution in [1.29, 1.82) is 0 Å². The molecular formula is C76H148O17P2. The molecule has 0 heterocycles. The second kappa shape index (κ2) is 69.2. The van der Waals surface area contributed by atoms with Crippen LogP contribution in [0.2, 0.25) is 0 Å². The Morgan fingerprint density at radius 3 is 0.716 bits per heavy atom. The monoisotopic (exact) mass is 1400 g/mol. The highest BCUT2D eigenvalue weighted by Gasteiger charge is 2.30. The molecule has 0 rings (SSSR count). The van der Waals surface area contributed by atoms with Crippen LogP contribution in [0.15, 0.2) is 0 Å². The highest BCUT2D eigenvalue weighted by Crippen LogP contribution is 2.45. The Bertz CT molecular complexity index is 1820. The number of aliphatic hydroxyl groups is 1. The predicted octanol–water partition coefficient (Wildman–Crippen LogP) is 22.5. The van der Waals surface area contributed by atoms with E-state index < -0.39 is 97.5 Å². The minimum Gasteiger partial charge on any atom is -0.462 e. The fourth-order valence-corrected chi connectivity index (χ4v) is 13.3. The Kier molecular flexibility index (Phi) is 67.7. The molecule has 0 aromatic carbocycles. The Morgan fingerprint density at radius 2 is 0.484 bits per heavy atom. The molecule has 0 aliphatic heterocycles. The van der Waals surface area contributed by atoms with Crippen molar-refractivity contribution in [3.8, 4) is 0 Å². The van der Waals surface area contributed by atoms with Crippen molar-refractivity contribution in [3.63, 3.8) is 0 Å². The minimum atomic E-state index is -4.96. The zero-order valence-electron chi connectivity index (χ0n) is 61.8. The van der Waals surface area contributed by atoms with Gasteiger partial charge in [0.05, 0.1) is 26.4 Å². The quantitative estimate of drug-likeness (QED) is 0.0222. The lowest BCUT2D eigenvalue weighted by atomic mass is 10.0. The number of carbonyl (C=O) groups excluding carboxylic acids is 4. The van der Waals surface area contributed by atoms with Crippen LogP contribution in [0, 0.1) is 5.92 Å². The van der Waals surface area contributed by atoms with Crippen LogP contribution in [0.25, 0.3) is 0 Å². The van der Waals surface area contributed by atoms with E-state index in [1.807, 2.05) is 0 Å². The maximum Gasteiger partial charge on any atom is 0.472 e. The third-order valence-electron chi connectivity index (χ3n) is 17.8. The number of ether oxygens (including phenoxy) is 4. The van der Waals surface area contributed by atoms with Gasteiger partial charge in [-0.15, -0.1) is 0 Å². The number of unbranched alkanes of at least 4 members (excludes halogenated alkanes) is 48. The summed E-state index contributed by atoms with van der Waals surface area (Å²) in [5.41, 5.74) is 0. The van der Waals surface area contributed by atoms with Gasteiger partial charge < -0.3 is 33.8 Å². The largest absolute Gasteiger partial charge is 0.472 e. The van der Waals surface area contributed by atoms with Gasteiger partial charge in [0.2, 0.25) is 0 Å². The molecule has 0 radical (unpaired) electrons. The van der Waals surface area contributed by atoms with E-state index in [9.17, 15) is 43.2 Å². The Morgan fingerprint density at radius 1 is 0.284 bits per heavy atom. The summed E-state index contributed by atoms with van der Waals surface area (Å²) in [6.45, 7) is 7.28. The SMILES string of the molecule is CCCCCCCCCCCCCCCCCCC(=O)O[C@H](COC(=O)CCCCCCCCCCCCCCCCC)COP(=O)(O)OC[C@@H](O)COP(=O)(O)OC[C@@H](COC(=O)CCCCCCCCCCCCCC)OC(=O)CCCCCCCCCCCC(C)C. The molecular weight excluding hydrogens is 1250 g/mol. The van der Waals surface area contributed by atoms with E-state index in [0.29, 0.717) is 25.7 Å². The number of phosphoric ester groups is 2. The van der Waals surface area contributed by atoms with Crippen LogP contribution >= 0.6 is 15.6 Å². The third kappa shape index (κ3) is 70.3. The van der Waals surface area contributed by atoms with E-state index in [2.05, 4.69) is 34.6 Å². The first-order valence-electron chi connectivity index (χ1n) is 39.6. The molecule has 19 heteroatoms. The molecule has 17 nitrogen and oxygen atoms in total. The maximum absolute atomic E-state index is 13.1. The molecule has 0 aromatic heterocycles. The first-order valence-corrected chi connectivity index (χ1v) is 42.6. The summed E-state index contributed by atoms with van der Waals surface area (Å²) in [6.07, 6.45) is 58.1. The molecule has 3 N–H and O–H groups in total. The van der Waals surface area contributed by atoms with E-state index in [-0.39, 0.29) is 25.7 Å². The maximum atomic E-state index is 13.1. The molecule has 0 saturated heterocycles. The first kappa shape index (κ1) is 93.1. The lowest BCUT2D eigenvalue weighted by Crippen LogP contribution is -2.30. The van der Waals surface area contributed by atoms with E-state index in [1.54, 1.807) is 0 Å². The molecule has 5 atom stereocenters. The van der Waals surface area contributed by atoms with Crippen LogP contribution in [0.5, 0.6) is 0 Å². The van der Waals surface area contributed by atoms with Gasteiger partial charge in [-0.25, -0.2) is 9.13 Å². The average Bonchev–Trinajstić information content (AvgIpc) is 3.57. The molecule has 0 aromatic rings. The molecule has 0 aliphatic rings. The van der Waals surface area contributed by atoms with E-state index in [1.165, 1.54) is 225 Å². The zero-order chi connectivity index (χ0) is 69.8. The number of hydrogen-bond donors (Lipinski definition) is 3. The summed E-state index contributed by atoms with van der Waals surface area (Å²) in [5, 5.41) is 10.6. The van der Waals surface area contributed by atoms with Gasteiger partial charge in [-0.1, -0.05) is 349 Å². The highest BCUT2D eigenvalue weighted by molar-refractivity contribution is 7.47. The normalized spacial score (nSPS) is 13.9. The predicted molar refractivity (Wildman–Crippen MR) is 386 cm³/mol. The van der Waals surface area contributed by atoms with E-state index in [4.69, 9.17) is 37.0 Å². The fourth-order valence-electron chi connectivity index (χ4n) is 11.7. The number of carbonyl (C=O) groups is 4. The van der Waals surface area contributed by atoms with Crippen LogP contribution in [-0.2, 0) is 65.4 Å². The summed E-state index contributed by atoms with van der Waals surface area (Å²) in [6, 6.07) is 0. The van der Waals surface area contributed by atoms with Gasteiger partial charge in [0.1, 0.15) is 19.3 Å². The Hall–Kier alpha value is -1.94. The number of phosphoric acid groups is 2. The van der Waals surface area contributed by atoms with Gasteiger partial charge in [-0.3, -0.25) is 37.3 Å². The van der Waals surface area contributed by atoms with Crippen LogP contribution in [0.4, 0.5) is 0 Å². The minimum absolute atomic E-state index is 0.106. The molecule has 0 saturated carbocycles. The topological polar surface area (TPSA) is 237 Å². The molecule has 0 aliphatic carbocycles. The lowest BCUT2D eigenvalue weighted by molar-refractivity contribution is -0.161. The summed E-state index contributed by atoms with van der Waals surface area (Å²) in [4.78, 5) is 72.8. The van der Waals surface area contributed by atoms with Gasteiger partial charge >= 0.3 is 39.5 Å². The van der Waals surface area contributed by atoms with Gasteiger partial charge in [0.25, 0.3) is 0 Å². The summed E-state index contributed by atoms with van der Waals surface area (Å²) < 4.78 is 68.6. The average molecular weight is 1400 g/mol. The zero-order valence-corrected chi connectivity index (χ0v) is 63.6. The second-order valence-electron chi connectivity index (χ2n) is 27.9. The third-order valence-corrected chi connectivity index (χ3v) is 19.7. The summed E-state index contributed by atoms with van der Waals surface area (Å²) in [5.74, 6) is -1.37. The van der Waals surface area contributed by atoms with Crippen molar-refractivity contribution in [1.82, 2.24) is 0 Å². The molecule has 564 valence electrons. The fraction of sp³-hybridized carbons (Fsp3) is 0.947. The van der Waals surface area contributed by atoms with Gasteiger partial charge in [-0.05, 0) is 31.6 Å². The van der Waals surface area contributed by atoms with Crippen molar-refractivity contribution < 1.29 is 80.2 Å². The van der Waals surface area contributed by atoms with Crippen LogP contribution in [0.3, 0.4) is 0 Å². The summed E-state index contributed by atoms with van der Waals surface area (Å²) in [7, 11) is -9.91. The Balaban J connectivity index is 5.25. The molecule has 0 bridgehead atoms.